The molecule has 180 valence electrons. The number of halogens is 1. The maximum absolute atomic E-state index is 6.18. The molecule has 0 heterocycles. The lowest BCUT2D eigenvalue weighted by Gasteiger charge is -2.04. The summed E-state index contributed by atoms with van der Waals surface area (Å²) in [4.78, 5) is 20.0. The van der Waals surface area contributed by atoms with Crippen LogP contribution in [-0.4, -0.2) is 30.9 Å². The van der Waals surface area contributed by atoms with Crippen molar-refractivity contribution in [2.45, 2.75) is 41.5 Å². The van der Waals surface area contributed by atoms with E-state index in [0.29, 0.717) is 22.1 Å². The zero-order chi connectivity index (χ0) is 25.7. The van der Waals surface area contributed by atoms with Crippen LogP contribution in [-0.2, 0) is 0 Å². The minimum absolute atomic E-state index is 0.561. The zero-order valence-electron chi connectivity index (χ0n) is 20.8. The Morgan fingerprint density at radius 2 is 1.35 bits per heavy atom. The summed E-state index contributed by atoms with van der Waals surface area (Å²) in [6, 6.07) is 9.98. The Bertz CT molecular complexity index is 1120. The second-order valence-electron chi connectivity index (χ2n) is 7.67. The molecular weight excluding hydrogens is 480 g/mol. The van der Waals surface area contributed by atoms with Crippen molar-refractivity contribution in [1.82, 2.24) is 0 Å². The van der Waals surface area contributed by atoms with E-state index in [1.807, 2.05) is 77.1 Å². The minimum atomic E-state index is 0.561. The predicted octanol–water partition coefficient (Wildman–Crippen LogP) is 8.02. The second-order valence-corrected chi connectivity index (χ2v) is 9.65. The molecule has 0 atom stereocenters. The number of benzene rings is 1. The number of aliphatic imine (C=N–C) groups is 4. The number of hydrogen-bond acceptors (Lipinski definition) is 6. The molecule has 0 saturated carbocycles. The maximum atomic E-state index is 6.18. The first-order chi connectivity index (χ1) is 16.0. The fraction of sp³-hybridized carbons (Fsp3) is 0.259. The summed E-state index contributed by atoms with van der Waals surface area (Å²) in [5, 5.41) is 0.561. The van der Waals surface area contributed by atoms with Crippen LogP contribution in [0.3, 0.4) is 0 Å². The number of thiol groups is 2. The summed E-state index contributed by atoms with van der Waals surface area (Å²) in [5.74, 6) is 0. The normalized spacial score (nSPS) is 15.3. The van der Waals surface area contributed by atoms with Crippen molar-refractivity contribution in [3.05, 3.63) is 91.6 Å². The monoisotopic (exact) mass is 512 g/mol. The molecule has 0 unspecified atom stereocenters. The van der Waals surface area contributed by atoms with Gasteiger partial charge in [-0.05, 0) is 75.1 Å². The van der Waals surface area contributed by atoms with E-state index in [1.165, 1.54) is 0 Å². The Balaban J connectivity index is 3.54. The third-order valence-corrected chi connectivity index (χ3v) is 4.72. The molecule has 0 aromatic heterocycles. The quantitative estimate of drug-likeness (QED) is 0.191. The molecule has 0 radical (unpaired) electrons. The van der Waals surface area contributed by atoms with E-state index >= 15 is 0 Å². The summed E-state index contributed by atoms with van der Waals surface area (Å²) in [7, 11) is 1.70. The third kappa shape index (κ3) is 11.6. The Hall–Kier alpha value is -2.41. The van der Waals surface area contributed by atoms with Gasteiger partial charge in [-0.3, -0.25) is 20.0 Å². The highest BCUT2D eigenvalue weighted by Gasteiger charge is 2.02. The average molecular weight is 513 g/mol. The van der Waals surface area contributed by atoms with Crippen LogP contribution in [0.15, 0.2) is 106 Å². The van der Waals surface area contributed by atoms with Crippen LogP contribution in [0, 0.1) is 0 Å². The zero-order valence-corrected chi connectivity index (χ0v) is 23.4. The highest BCUT2D eigenvalue weighted by Crippen LogP contribution is 2.15. The molecule has 0 N–H and O–H groups in total. The van der Waals surface area contributed by atoms with Crippen LogP contribution in [0.25, 0.3) is 0 Å². The van der Waals surface area contributed by atoms with Gasteiger partial charge in [-0.25, -0.2) is 0 Å². The van der Waals surface area contributed by atoms with Gasteiger partial charge in [0.15, 0.2) is 0 Å². The molecule has 4 nitrogen and oxygen atoms in total. The first kappa shape index (κ1) is 29.6. The number of allylic oxidation sites excluding steroid dienone is 8. The van der Waals surface area contributed by atoms with E-state index in [0.717, 1.165) is 32.4 Å². The third-order valence-electron chi connectivity index (χ3n) is 4.27. The Labute approximate surface area is 220 Å². The van der Waals surface area contributed by atoms with Gasteiger partial charge in [0.1, 0.15) is 0 Å². The molecule has 7 heteroatoms. The molecule has 0 spiro atoms. The first-order valence-electron chi connectivity index (χ1n) is 10.7. The summed E-state index contributed by atoms with van der Waals surface area (Å²) >= 11 is 14.9. The fourth-order valence-electron chi connectivity index (χ4n) is 2.55. The molecule has 0 bridgehead atoms. The van der Waals surface area contributed by atoms with E-state index in [2.05, 4.69) is 40.2 Å². The van der Waals surface area contributed by atoms with Crippen molar-refractivity contribution >= 4 is 60.7 Å². The van der Waals surface area contributed by atoms with Gasteiger partial charge in [0.05, 0.1) is 35.2 Å². The maximum Gasteiger partial charge on any atom is 0.0837 e. The van der Waals surface area contributed by atoms with Gasteiger partial charge in [-0.15, -0.1) is 25.3 Å². The van der Waals surface area contributed by atoms with E-state index in [-0.39, 0.29) is 0 Å². The number of hydrogen-bond donors (Lipinski definition) is 2. The van der Waals surface area contributed by atoms with Gasteiger partial charge >= 0.3 is 0 Å². The number of nitrogens with zero attached hydrogens (tertiary/aromatic N) is 4. The molecular formula is C27H33ClN4S2. The molecule has 0 fully saturated rings. The van der Waals surface area contributed by atoms with E-state index in [9.17, 15) is 0 Å². The Morgan fingerprint density at radius 3 is 1.85 bits per heavy atom. The van der Waals surface area contributed by atoms with Crippen molar-refractivity contribution in [1.29, 1.82) is 0 Å². The molecule has 0 aliphatic rings. The van der Waals surface area contributed by atoms with E-state index in [1.54, 1.807) is 32.5 Å². The highest BCUT2D eigenvalue weighted by atomic mass is 35.5. The van der Waals surface area contributed by atoms with Crippen LogP contribution in [0.4, 0.5) is 0 Å². The Kier molecular flexibility index (Phi) is 13.5. The van der Waals surface area contributed by atoms with Gasteiger partial charge in [0.25, 0.3) is 0 Å². The summed E-state index contributed by atoms with van der Waals surface area (Å²) in [6.45, 7) is 11.5. The topological polar surface area (TPSA) is 49.4 Å². The molecule has 0 aliphatic heterocycles. The van der Waals surface area contributed by atoms with Gasteiger partial charge in [0.2, 0.25) is 0 Å². The second kappa shape index (κ2) is 15.5. The van der Waals surface area contributed by atoms with Crippen LogP contribution in [0.5, 0.6) is 0 Å². The summed E-state index contributed by atoms with van der Waals surface area (Å²) in [6.07, 6.45) is 8.92. The van der Waals surface area contributed by atoms with Crippen LogP contribution < -0.4 is 0 Å². The number of rotatable bonds is 9. The lowest BCUT2D eigenvalue weighted by atomic mass is 10.1. The Morgan fingerprint density at radius 1 is 0.794 bits per heavy atom. The van der Waals surface area contributed by atoms with Crippen molar-refractivity contribution in [2.24, 2.45) is 20.0 Å². The summed E-state index contributed by atoms with van der Waals surface area (Å²) < 4.78 is 0. The van der Waals surface area contributed by atoms with Gasteiger partial charge in [-0.1, -0.05) is 47.5 Å². The standard InChI is InChI=1S/C27H33ClN4S2/c1-18(2)26(13-19(3)33)30-17-25(32-22(6)23-11-9-8-10-12-23)15-24(29-7)16-31-27(21(5)28)14-20(4)34/h8-17,33-34H,1-7H3/b19-13+,20-14+,25-15-,27-21-,29-24?,30-17?,31-16?,32-22?. The molecule has 0 amide bonds. The molecule has 0 saturated heterocycles. The highest BCUT2D eigenvalue weighted by molar-refractivity contribution is 7.84. The fourth-order valence-corrected chi connectivity index (χ4v) is 2.90. The van der Waals surface area contributed by atoms with Crippen molar-refractivity contribution in [3.63, 3.8) is 0 Å². The van der Waals surface area contributed by atoms with Crippen molar-refractivity contribution in [3.8, 4) is 0 Å². The van der Waals surface area contributed by atoms with Gasteiger partial charge in [0, 0.05) is 17.8 Å². The average Bonchev–Trinajstić information content (AvgIpc) is 2.77. The lowest BCUT2D eigenvalue weighted by molar-refractivity contribution is 1.25. The molecule has 34 heavy (non-hydrogen) atoms. The van der Waals surface area contributed by atoms with E-state index in [4.69, 9.17) is 16.6 Å². The van der Waals surface area contributed by atoms with Gasteiger partial charge in [-0.2, -0.15) is 0 Å². The molecule has 1 rings (SSSR count). The van der Waals surface area contributed by atoms with E-state index < -0.39 is 0 Å². The molecule has 1 aromatic carbocycles. The smallest absolute Gasteiger partial charge is 0.0837 e. The predicted molar refractivity (Wildman–Crippen MR) is 159 cm³/mol. The van der Waals surface area contributed by atoms with Crippen LogP contribution in [0.1, 0.15) is 47.1 Å². The summed E-state index contributed by atoms with van der Waals surface area (Å²) in [5.41, 5.74) is 5.64. The van der Waals surface area contributed by atoms with Gasteiger partial charge < -0.3 is 0 Å². The molecule has 0 aliphatic carbocycles. The minimum Gasteiger partial charge on any atom is -0.287 e. The first-order valence-corrected chi connectivity index (χ1v) is 12.0. The van der Waals surface area contributed by atoms with Crippen molar-refractivity contribution < 1.29 is 0 Å². The molecule has 1 aromatic rings. The lowest BCUT2D eigenvalue weighted by Crippen LogP contribution is -2.01. The largest absolute Gasteiger partial charge is 0.287 e. The SMILES string of the molecule is CN=C(C=NC(/C=C(\C)S)=C(/C)Cl)/C=C(/C=NC(/C=C(\C)S)=C(C)C)N=C(C)c1ccccc1. The van der Waals surface area contributed by atoms with Crippen LogP contribution in [0.2, 0.25) is 0 Å². The van der Waals surface area contributed by atoms with Crippen LogP contribution >= 0.6 is 36.9 Å². The van der Waals surface area contributed by atoms with Crippen molar-refractivity contribution in [2.75, 3.05) is 7.05 Å².